The van der Waals surface area contributed by atoms with Gasteiger partial charge in [-0.2, -0.15) is 0 Å². The summed E-state index contributed by atoms with van der Waals surface area (Å²) in [6, 6.07) is -17.6. The monoisotopic (exact) mass is 1200 g/mol. The van der Waals surface area contributed by atoms with Gasteiger partial charge in [-0.15, -0.1) is 0 Å². The van der Waals surface area contributed by atoms with Crippen molar-refractivity contribution in [2.45, 2.75) is 165 Å². The van der Waals surface area contributed by atoms with Crippen molar-refractivity contribution in [3.63, 3.8) is 0 Å². The normalized spacial score (nSPS) is 16.5. The first kappa shape index (κ1) is 73.9. The van der Waals surface area contributed by atoms with E-state index in [-0.39, 0.29) is 50.5 Å². The maximum atomic E-state index is 13.6. The zero-order chi connectivity index (χ0) is 64.1. The summed E-state index contributed by atoms with van der Waals surface area (Å²) in [6.07, 6.45) is -2.42. The Morgan fingerprint density at radius 3 is 1.21 bits per heavy atom. The van der Waals surface area contributed by atoms with Crippen LogP contribution in [0, 0.1) is 11.8 Å². The molecule has 0 bridgehead atoms. The van der Waals surface area contributed by atoms with Crippen LogP contribution in [0.2, 0.25) is 0 Å². The van der Waals surface area contributed by atoms with E-state index in [9.17, 15) is 92.3 Å². The van der Waals surface area contributed by atoms with Crippen LogP contribution in [0.5, 0.6) is 0 Å². The van der Waals surface area contributed by atoms with Gasteiger partial charge in [0.1, 0.15) is 60.4 Å². The maximum absolute atomic E-state index is 13.6. The van der Waals surface area contributed by atoms with Crippen LogP contribution in [-0.2, 0) is 71.9 Å². The van der Waals surface area contributed by atoms with Gasteiger partial charge in [0, 0.05) is 25.8 Å². The Balaban J connectivity index is 3.15. The van der Waals surface area contributed by atoms with Crippen LogP contribution in [-0.4, -0.2) is 230 Å². The lowest BCUT2D eigenvalue weighted by atomic mass is 10.00. The summed E-state index contributed by atoms with van der Waals surface area (Å²) in [5.41, 5.74) is 16.6. The molecule has 0 unspecified atom stereocenters. The Bertz CT molecular complexity index is 2360. The molecule has 1 heterocycles. The Morgan fingerprint density at radius 2 is 0.821 bits per heavy atom. The summed E-state index contributed by atoms with van der Waals surface area (Å²) in [5.74, 6) is -16.6. The highest BCUT2D eigenvalue weighted by Crippen LogP contribution is 2.18. The smallest absolute Gasteiger partial charge is 0.325 e. The van der Waals surface area contributed by atoms with Crippen LogP contribution in [0.1, 0.15) is 98.8 Å². The minimum Gasteiger partial charge on any atom is -0.481 e. The molecule has 1 aliphatic rings. The number of hydrogen-bond acceptors (Lipinski definition) is 20. The van der Waals surface area contributed by atoms with E-state index in [0.717, 1.165) is 11.8 Å². The van der Waals surface area contributed by atoms with Crippen molar-refractivity contribution < 1.29 is 103 Å². The van der Waals surface area contributed by atoms with Crippen LogP contribution in [0.3, 0.4) is 0 Å². The minimum absolute atomic E-state index is 0.0183. The SMILES string of the molecule is CC(C)C[C@H](NC(=O)[C@@H](N)CC(C)C)C(=O)N[C@@H](CCC(N)=O)C(=O)NCC(=O)N1CCC[C@H]1C(=O)N[C@@H](CO)C(=O)N[C@@H](CCC(N)=O)C(=O)N[C@@H](CO)C(=O)N[C@@H](CO)C(=O)N[C@@H](CO)C(=O)N[C@@H](CCC(=O)O)C(=O)N[C@@H](C)C(=O)O. The Morgan fingerprint density at radius 1 is 0.464 bits per heavy atom. The number of rotatable bonds is 39. The molecule has 0 radical (unpaired) electrons. The largest absolute Gasteiger partial charge is 0.481 e. The van der Waals surface area contributed by atoms with Gasteiger partial charge in [-0.3, -0.25) is 71.9 Å². The van der Waals surface area contributed by atoms with Gasteiger partial charge in [-0.25, -0.2) is 0 Å². The molecule has 0 aromatic carbocycles. The molecule has 13 amide bonds. The van der Waals surface area contributed by atoms with Gasteiger partial charge in [-0.1, -0.05) is 27.7 Å². The minimum atomic E-state index is -2.00. The average Bonchev–Trinajstić information content (AvgIpc) is 3.94. The van der Waals surface area contributed by atoms with E-state index in [1.807, 2.05) is 29.8 Å². The average molecular weight is 1200 g/mol. The van der Waals surface area contributed by atoms with E-state index >= 15 is 0 Å². The molecule has 0 spiro atoms. The topological polar surface area (TPSA) is 579 Å². The molecule has 35 nitrogen and oxygen atoms in total. The lowest BCUT2D eigenvalue weighted by molar-refractivity contribution is -0.142. The number of aliphatic hydroxyl groups excluding tert-OH is 4. The fraction of sp³-hybridized carbons (Fsp3) is 0.694. The van der Waals surface area contributed by atoms with Gasteiger partial charge in [0.25, 0.3) is 0 Å². The summed E-state index contributed by atoms with van der Waals surface area (Å²) >= 11 is 0. The molecule has 0 aromatic heterocycles. The third-order valence-electron chi connectivity index (χ3n) is 12.6. The number of hydrogen-bond donors (Lipinski definition) is 19. The molecular weight excluding hydrogens is 1120 g/mol. The standard InChI is InChI=1S/C49H82N14O21/c1-22(2)15-25(50)39(73)58-29(16-23(3)4)43(77)55-26(8-11-35(51)68)40(74)53-17-37(70)63-14-6-7-34(63)48(82)62-33(21-67)45(79)56-27(9-12-36(52)69)42(76)59-31(19-65)46(80)61-32(20-66)47(81)60-30(18-64)44(78)57-28(10-13-38(71)72)41(75)54-24(5)49(83)84/h22-34,64-67H,6-21,50H2,1-5H3,(H2,51,68)(H2,52,69)(H,53,74)(H,54,75)(H,55,77)(H,56,79)(H,57,78)(H,58,73)(H,59,76)(H,60,81)(H,61,80)(H,62,82)(H,71,72)(H,83,84)/t24-,25-,26-,27-,28-,29-,30-,31-,32-,33-,34-/m0/s1. The van der Waals surface area contributed by atoms with Crippen LogP contribution in [0.25, 0.3) is 0 Å². The molecule has 11 atom stereocenters. The number of carboxylic acid groups (broad SMARTS) is 2. The van der Waals surface area contributed by atoms with Crippen molar-refractivity contribution in [3.05, 3.63) is 0 Å². The number of nitrogens with one attached hydrogen (secondary N) is 10. The molecule has 1 saturated heterocycles. The second-order valence-corrected chi connectivity index (χ2v) is 20.6. The predicted octanol–water partition coefficient (Wildman–Crippen LogP) is -9.65. The quantitative estimate of drug-likeness (QED) is 0.0272. The molecule has 0 saturated carbocycles. The van der Waals surface area contributed by atoms with E-state index in [1.165, 1.54) is 0 Å². The molecule has 35 heteroatoms. The summed E-state index contributed by atoms with van der Waals surface area (Å²) in [5, 5.41) is 80.4. The number of carboxylic acids is 2. The Kier molecular flexibility index (Phi) is 32.7. The molecular formula is C49H82N14O21. The van der Waals surface area contributed by atoms with E-state index in [2.05, 4.69) is 37.2 Å². The highest BCUT2D eigenvalue weighted by molar-refractivity contribution is 5.99. The van der Waals surface area contributed by atoms with Crippen molar-refractivity contribution in [3.8, 4) is 0 Å². The van der Waals surface area contributed by atoms with Crippen molar-refractivity contribution in [2.75, 3.05) is 39.5 Å². The highest BCUT2D eigenvalue weighted by atomic mass is 16.4. The van der Waals surface area contributed by atoms with E-state index < -0.39 is 214 Å². The summed E-state index contributed by atoms with van der Waals surface area (Å²) < 4.78 is 0. The third-order valence-corrected chi connectivity index (χ3v) is 12.6. The second-order valence-electron chi connectivity index (χ2n) is 20.6. The molecule has 1 fully saturated rings. The summed E-state index contributed by atoms with van der Waals surface area (Å²) in [4.78, 5) is 193. The zero-order valence-electron chi connectivity index (χ0n) is 47.3. The number of nitrogens with zero attached hydrogens (tertiary/aromatic N) is 1. The number of aliphatic carboxylic acids is 2. The van der Waals surface area contributed by atoms with Crippen molar-refractivity contribution in [1.29, 1.82) is 0 Å². The van der Waals surface area contributed by atoms with E-state index in [1.54, 1.807) is 13.8 Å². The molecule has 1 rings (SSSR count). The Labute approximate surface area is 482 Å². The maximum Gasteiger partial charge on any atom is 0.325 e. The van der Waals surface area contributed by atoms with Gasteiger partial charge >= 0.3 is 11.9 Å². The van der Waals surface area contributed by atoms with Crippen LogP contribution in [0.4, 0.5) is 0 Å². The van der Waals surface area contributed by atoms with Crippen molar-refractivity contribution in [2.24, 2.45) is 29.0 Å². The zero-order valence-corrected chi connectivity index (χ0v) is 47.3. The summed E-state index contributed by atoms with van der Waals surface area (Å²) in [6.45, 7) is 2.82. The van der Waals surface area contributed by atoms with E-state index in [4.69, 9.17) is 27.4 Å². The predicted molar refractivity (Wildman–Crippen MR) is 287 cm³/mol. The van der Waals surface area contributed by atoms with Gasteiger partial charge < -0.3 is 106 Å². The highest BCUT2D eigenvalue weighted by Gasteiger charge is 2.38. The van der Waals surface area contributed by atoms with Crippen molar-refractivity contribution in [1.82, 2.24) is 58.1 Å². The molecule has 22 N–H and O–H groups in total. The summed E-state index contributed by atoms with van der Waals surface area (Å²) in [7, 11) is 0. The number of likely N-dealkylation sites (tertiary alicyclic amines) is 1. The molecule has 1 aliphatic heterocycles. The van der Waals surface area contributed by atoms with Crippen LogP contribution in [0.15, 0.2) is 0 Å². The van der Waals surface area contributed by atoms with Crippen molar-refractivity contribution >= 4 is 88.7 Å². The number of aliphatic hydroxyl groups is 4. The fourth-order valence-electron chi connectivity index (χ4n) is 8.02. The number of carbonyl (C=O) groups excluding carboxylic acids is 13. The van der Waals surface area contributed by atoms with E-state index in [0.29, 0.717) is 6.42 Å². The molecule has 474 valence electrons. The van der Waals surface area contributed by atoms with Crippen LogP contribution >= 0.6 is 0 Å². The lowest BCUT2D eigenvalue weighted by Gasteiger charge is -2.28. The number of carbonyl (C=O) groups is 15. The number of nitrogens with two attached hydrogens (primary N) is 3. The second kappa shape index (κ2) is 37.1. The first-order valence-corrected chi connectivity index (χ1v) is 26.8. The Hall–Kier alpha value is -8.15. The number of amides is 13. The molecule has 0 aliphatic carbocycles. The fourth-order valence-corrected chi connectivity index (χ4v) is 8.02. The first-order valence-electron chi connectivity index (χ1n) is 26.8. The van der Waals surface area contributed by atoms with Gasteiger partial charge in [0.2, 0.25) is 76.8 Å². The van der Waals surface area contributed by atoms with Crippen LogP contribution < -0.4 is 70.4 Å². The third kappa shape index (κ3) is 26.4. The number of primary amides is 2. The molecule has 0 aromatic rings. The lowest BCUT2D eigenvalue weighted by Crippen LogP contribution is -2.62. The first-order chi connectivity index (χ1) is 39.3. The molecule has 84 heavy (non-hydrogen) atoms. The van der Waals surface area contributed by atoms with Gasteiger partial charge in [0.15, 0.2) is 0 Å². The van der Waals surface area contributed by atoms with Gasteiger partial charge in [-0.05, 0) is 63.7 Å². The van der Waals surface area contributed by atoms with Gasteiger partial charge in [0.05, 0.1) is 39.0 Å².